The minimum absolute atomic E-state index is 0.165. The Morgan fingerprint density at radius 3 is 2.43 bits per heavy atom. The zero-order chi connectivity index (χ0) is 32.2. The number of aryl methyl sites for hydroxylation is 1. The fourth-order valence-corrected chi connectivity index (χ4v) is 5.83. The van der Waals surface area contributed by atoms with Crippen LogP contribution >= 0.6 is 0 Å². The Morgan fingerprint density at radius 2 is 1.64 bits per heavy atom. The van der Waals surface area contributed by atoms with Crippen LogP contribution in [0.25, 0.3) is 11.1 Å². The van der Waals surface area contributed by atoms with Gasteiger partial charge in [-0.1, -0.05) is 18.2 Å². The van der Waals surface area contributed by atoms with Crippen LogP contribution in [0, 0.1) is 0 Å². The molecule has 7 rings (SSSR count). The molecule has 240 valence electrons. The molecule has 0 unspecified atom stereocenters. The maximum Gasteiger partial charge on any atom is 0.257 e. The molecule has 2 aliphatic heterocycles. The summed E-state index contributed by atoms with van der Waals surface area (Å²) in [6, 6.07) is 25.9. The van der Waals surface area contributed by atoms with Gasteiger partial charge in [0.1, 0.15) is 18.2 Å². The Morgan fingerprint density at radius 1 is 0.830 bits per heavy atom. The molecule has 2 N–H and O–H groups in total. The minimum atomic E-state index is -0.165. The molecule has 0 radical (unpaired) electrons. The van der Waals surface area contributed by atoms with Gasteiger partial charge in [-0.3, -0.25) is 4.79 Å². The minimum Gasteiger partial charge on any atom is -0.493 e. The first kappa shape index (κ1) is 30.2. The van der Waals surface area contributed by atoms with Crippen LogP contribution in [0.1, 0.15) is 21.7 Å². The standard InChI is InChI=1S/C37H37N5O5/c1-41-15-14-38-36(41)24-47-34-12-5-27(23-35(34)44-2)26-4-10-30-32(22-26)39-31-11-3-25(21-33(31)40-37(30)43)13-18-46-29-8-6-28(7-9-29)42-16-19-45-20-17-42/h3-12,14-15,21-23,39H,13,16-20,24H2,1-2H3,(H,40,43). The van der Waals surface area contributed by atoms with Gasteiger partial charge in [0, 0.05) is 44.6 Å². The van der Waals surface area contributed by atoms with Crippen LogP contribution in [0.2, 0.25) is 0 Å². The second-order valence-corrected chi connectivity index (χ2v) is 11.5. The molecule has 1 fully saturated rings. The Labute approximate surface area is 273 Å². The van der Waals surface area contributed by atoms with Crippen LogP contribution in [0.3, 0.4) is 0 Å². The van der Waals surface area contributed by atoms with Gasteiger partial charge in [-0.05, 0) is 77.4 Å². The summed E-state index contributed by atoms with van der Waals surface area (Å²) in [5.41, 5.74) is 6.98. The smallest absolute Gasteiger partial charge is 0.257 e. The summed E-state index contributed by atoms with van der Waals surface area (Å²) in [6.07, 6.45) is 4.33. The number of carbonyl (C=O) groups is 1. The summed E-state index contributed by atoms with van der Waals surface area (Å²) in [7, 11) is 3.55. The van der Waals surface area contributed by atoms with E-state index in [2.05, 4.69) is 38.7 Å². The monoisotopic (exact) mass is 631 g/mol. The van der Waals surface area contributed by atoms with Gasteiger partial charge in [0.05, 0.1) is 49.6 Å². The van der Waals surface area contributed by atoms with E-state index in [1.165, 1.54) is 5.69 Å². The number of anilines is 4. The zero-order valence-electron chi connectivity index (χ0n) is 26.5. The van der Waals surface area contributed by atoms with E-state index in [9.17, 15) is 4.79 Å². The molecule has 47 heavy (non-hydrogen) atoms. The van der Waals surface area contributed by atoms with Crippen molar-refractivity contribution in [3.05, 3.63) is 108 Å². The van der Waals surface area contributed by atoms with Crippen LogP contribution in [0.4, 0.5) is 22.7 Å². The van der Waals surface area contributed by atoms with E-state index in [0.29, 0.717) is 36.7 Å². The van der Waals surface area contributed by atoms with Gasteiger partial charge >= 0.3 is 0 Å². The molecule has 3 heterocycles. The van der Waals surface area contributed by atoms with Gasteiger partial charge in [0.2, 0.25) is 0 Å². The lowest BCUT2D eigenvalue weighted by Gasteiger charge is -2.28. The number of morpholine rings is 1. The quantitative estimate of drug-likeness (QED) is 0.182. The van der Waals surface area contributed by atoms with Crippen LogP contribution in [0.15, 0.2) is 91.3 Å². The first-order valence-corrected chi connectivity index (χ1v) is 15.7. The summed E-state index contributed by atoms with van der Waals surface area (Å²) in [5.74, 6) is 2.73. The second kappa shape index (κ2) is 13.5. The van der Waals surface area contributed by atoms with Crippen molar-refractivity contribution in [2.24, 2.45) is 7.05 Å². The number of nitrogens with one attached hydrogen (secondary N) is 2. The fourth-order valence-electron chi connectivity index (χ4n) is 5.83. The normalized spacial score (nSPS) is 13.9. The van der Waals surface area contributed by atoms with E-state index in [1.807, 2.05) is 78.5 Å². The zero-order valence-corrected chi connectivity index (χ0v) is 26.5. The van der Waals surface area contributed by atoms with Gasteiger partial charge < -0.3 is 39.0 Å². The van der Waals surface area contributed by atoms with Crippen molar-refractivity contribution >= 4 is 28.7 Å². The molecule has 1 aromatic heterocycles. The lowest BCUT2D eigenvalue weighted by Crippen LogP contribution is -2.36. The van der Waals surface area contributed by atoms with Crippen molar-refractivity contribution in [3.8, 4) is 28.4 Å². The Kier molecular flexibility index (Phi) is 8.66. The highest BCUT2D eigenvalue weighted by Crippen LogP contribution is 2.38. The number of imidazole rings is 1. The molecule has 0 aliphatic carbocycles. The van der Waals surface area contributed by atoms with Crippen LogP contribution < -0.4 is 29.7 Å². The fraction of sp³-hybridized carbons (Fsp3) is 0.243. The molecule has 0 saturated carbocycles. The largest absolute Gasteiger partial charge is 0.493 e. The van der Waals surface area contributed by atoms with Crippen molar-refractivity contribution in [1.29, 1.82) is 0 Å². The molecule has 10 nitrogen and oxygen atoms in total. The number of hydrogen-bond donors (Lipinski definition) is 2. The number of methoxy groups -OCH3 is 1. The SMILES string of the molecule is COc1cc(-c2ccc3c(c2)Nc2ccc(CCOc4ccc(N5CCOCC5)cc4)cc2NC3=O)ccc1OCc1nccn1C. The molecule has 1 saturated heterocycles. The van der Waals surface area contributed by atoms with Crippen molar-refractivity contribution < 1.29 is 23.7 Å². The predicted molar refractivity (Wildman–Crippen MR) is 182 cm³/mol. The maximum absolute atomic E-state index is 13.3. The Hall–Kier alpha value is -5.48. The van der Waals surface area contributed by atoms with E-state index < -0.39 is 0 Å². The molecule has 0 bridgehead atoms. The molecule has 10 heteroatoms. The number of benzene rings is 4. The third-order valence-corrected chi connectivity index (χ3v) is 8.51. The predicted octanol–water partition coefficient (Wildman–Crippen LogP) is 6.44. The molecule has 0 atom stereocenters. The number of ether oxygens (including phenoxy) is 4. The van der Waals surface area contributed by atoms with E-state index >= 15 is 0 Å². The highest BCUT2D eigenvalue weighted by molar-refractivity contribution is 6.12. The molecule has 4 aromatic carbocycles. The first-order valence-electron chi connectivity index (χ1n) is 15.7. The number of rotatable bonds is 10. The molecular formula is C37H37N5O5. The average Bonchev–Trinajstić information content (AvgIpc) is 3.46. The van der Waals surface area contributed by atoms with Gasteiger partial charge in [0.15, 0.2) is 11.5 Å². The lowest BCUT2D eigenvalue weighted by molar-refractivity contribution is 0.102. The summed E-state index contributed by atoms with van der Waals surface area (Å²) in [4.78, 5) is 19.9. The number of hydrogen-bond acceptors (Lipinski definition) is 8. The number of nitrogens with zero attached hydrogens (tertiary/aromatic N) is 3. The molecule has 2 aliphatic rings. The van der Waals surface area contributed by atoms with Gasteiger partial charge in [-0.25, -0.2) is 4.98 Å². The van der Waals surface area contributed by atoms with Gasteiger partial charge in [0.25, 0.3) is 5.91 Å². The van der Waals surface area contributed by atoms with E-state index in [-0.39, 0.29) is 5.91 Å². The van der Waals surface area contributed by atoms with E-state index in [1.54, 1.807) is 13.3 Å². The number of aromatic nitrogens is 2. The van der Waals surface area contributed by atoms with E-state index in [0.717, 1.165) is 71.6 Å². The Bertz CT molecular complexity index is 1880. The van der Waals surface area contributed by atoms with Crippen molar-refractivity contribution in [2.75, 3.05) is 55.6 Å². The Balaban J connectivity index is 1.01. The highest BCUT2D eigenvalue weighted by Gasteiger charge is 2.20. The number of fused-ring (bicyclic) bond motifs is 2. The summed E-state index contributed by atoms with van der Waals surface area (Å²) >= 11 is 0. The number of carbonyl (C=O) groups excluding carboxylic acids is 1. The van der Waals surface area contributed by atoms with Crippen molar-refractivity contribution in [3.63, 3.8) is 0 Å². The first-order chi connectivity index (χ1) is 23.0. The molecule has 0 spiro atoms. The summed E-state index contributed by atoms with van der Waals surface area (Å²) in [5, 5.41) is 6.55. The van der Waals surface area contributed by atoms with Crippen molar-refractivity contribution in [1.82, 2.24) is 9.55 Å². The number of amides is 1. The lowest BCUT2D eigenvalue weighted by atomic mass is 10.0. The van der Waals surface area contributed by atoms with Crippen LogP contribution in [-0.4, -0.2) is 55.5 Å². The summed E-state index contributed by atoms with van der Waals surface area (Å²) in [6.45, 7) is 4.19. The maximum atomic E-state index is 13.3. The third kappa shape index (κ3) is 6.73. The highest BCUT2D eigenvalue weighted by atomic mass is 16.5. The van der Waals surface area contributed by atoms with Crippen LogP contribution in [-0.2, 0) is 24.8 Å². The van der Waals surface area contributed by atoms with E-state index in [4.69, 9.17) is 18.9 Å². The average molecular weight is 632 g/mol. The second-order valence-electron chi connectivity index (χ2n) is 11.5. The topological polar surface area (TPSA) is 99.1 Å². The molecule has 1 amide bonds. The third-order valence-electron chi connectivity index (χ3n) is 8.51. The molecular weight excluding hydrogens is 594 g/mol. The molecule has 5 aromatic rings. The van der Waals surface area contributed by atoms with Gasteiger partial charge in [-0.15, -0.1) is 0 Å². The van der Waals surface area contributed by atoms with Gasteiger partial charge in [-0.2, -0.15) is 0 Å². The summed E-state index contributed by atoms with van der Waals surface area (Å²) < 4.78 is 25.1. The van der Waals surface area contributed by atoms with Crippen molar-refractivity contribution in [2.45, 2.75) is 13.0 Å². The van der Waals surface area contributed by atoms with Crippen LogP contribution in [0.5, 0.6) is 17.2 Å².